The fraction of sp³-hybridized carbons (Fsp3) is 0.333. The van der Waals surface area contributed by atoms with Crippen LogP contribution in [-0.2, 0) is 16.6 Å². The minimum atomic E-state index is -3.80. The molecule has 0 unspecified atom stereocenters. The van der Waals surface area contributed by atoms with E-state index < -0.39 is 22.0 Å². The Morgan fingerprint density at radius 3 is 2.65 bits per heavy atom. The number of nitrogens with one attached hydrogen (secondary N) is 1. The van der Waals surface area contributed by atoms with Gasteiger partial charge in [-0.05, 0) is 62.6 Å². The van der Waals surface area contributed by atoms with Gasteiger partial charge in [-0.3, -0.25) is 4.79 Å². The van der Waals surface area contributed by atoms with E-state index in [4.69, 9.17) is 23.2 Å². The summed E-state index contributed by atoms with van der Waals surface area (Å²) in [7, 11) is -3.80. The van der Waals surface area contributed by atoms with E-state index in [0.717, 1.165) is 11.4 Å². The lowest BCUT2D eigenvalue weighted by Gasteiger charge is -2.11. The third-order valence-electron chi connectivity index (χ3n) is 4.83. The molecule has 0 spiro atoms. The summed E-state index contributed by atoms with van der Waals surface area (Å²) in [5, 5.41) is 10.3. The number of halogens is 2. The maximum Gasteiger partial charge on any atom is 0.264 e. The number of aliphatic hydroxyl groups is 1. The maximum atomic E-state index is 12.6. The largest absolute Gasteiger partial charge is 0.393 e. The molecule has 1 aromatic heterocycles. The topological polar surface area (TPSA) is 101 Å². The number of imidazole rings is 1. The molecule has 1 amide bonds. The molecule has 0 fully saturated rings. The fourth-order valence-electron chi connectivity index (χ4n) is 3.22. The quantitative estimate of drug-likeness (QED) is 0.505. The molecule has 2 aromatic carbocycles. The van der Waals surface area contributed by atoms with Crippen molar-refractivity contribution in [1.82, 2.24) is 14.3 Å². The van der Waals surface area contributed by atoms with Crippen molar-refractivity contribution >= 4 is 50.2 Å². The highest BCUT2D eigenvalue weighted by Crippen LogP contribution is 2.25. The Kier molecular flexibility index (Phi) is 7.26. The van der Waals surface area contributed by atoms with Crippen molar-refractivity contribution in [1.29, 1.82) is 0 Å². The van der Waals surface area contributed by atoms with E-state index in [1.807, 2.05) is 17.6 Å². The molecular weight excluding hydrogens is 461 g/mol. The number of rotatable bonds is 8. The first-order valence-electron chi connectivity index (χ1n) is 9.69. The van der Waals surface area contributed by atoms with Crippen LogP contribution < -0.4 is 4.72 Å². The van der Waals surface area contributed by atoms with Gasteiger partial charge in [-0.2, -0.15) is 0 Å². The third kappa shape index (κ3) is 5.98. The zero-order valence-corrected chi connectivity index (χ0v) is 19.4. The van der Waals surface area contributed by atoms with Crippen molar-refractivity contribution in [2.24, 2.45) is 0 Å². The van der Waals surface area contributed by atoms with Gasteiger partial charge in [0.25, 0.3) is 5.91 Å². The molecule has 0 radical (unpaired) electrons. The molecule has 0 aliphatic rings. The number of sulfonamides is 1. The fourth-order valence-corrected chi connectivity index (χ4v) is 4.74. The summed E-state index contributed by atoms with van der Waals surface area (Å²) in [6, 6.07) is 10.1. The molecule has 0 aliphatic heterocycles. The number of aryl methyl sites for hydroxylation is 1. The first-order valence-corrected chi connectivity index (χ1v) is 12.1. The van der Waals surface area contributed by atoms with Crippen LogP contribution in [0.4, 0.5) is 0 Å². The van der Waals surface area contributed by atoms with E-state index >= 15 is 0 Å². The second-order valence-corrected chi connectivity index (χ2v) is 10.1. The minimum Gasteiger partial charge on any atom is -0.393 e. The molecule has 1 atom stereocenters. The zero-order chi connectivity index (χ0) is 22.8. The molecule has 166 valence electrons. The number of amides is 1. The lowest BCUT2D eigenvalue weighted by Crippen LogP contribution is -2.32. The Bertz CT molecular complexity index is 1220. The molecule has 31 heavy (non-hydrogen) atoms. The zero-order valence-electron chi connectivity index (χ0n) is 17.1. The molecule has 10 heteroatoms. The number of aromatic nitrogens is 2. The molecule has 3 rings (SSSR count). The Morgan fingerprint density at radius 1 is 1.23 bits per heavy atom. The van der Waals surface area contributed by atoms with Crippen molar-refractivity contribution in [3.63, 3.8) is 0 Å². The SMILES string of the molecule is Cc1nc2ccc(C(=O)NS(=O)(=O)CCC[C@H](C)O)cc2n1Cc1ccc(Cl)cc1Cl. The van der Waals surface area contributed by atoms with Gasteiger partial charge in [-0.25, -0.2) is 18.1 Å². The number of hydrogen-bond acceptors (Lipinski definition) is 5. The van der Waals surface area contributed by atoms with Gasteiger partial charge in [0.1, 0.15) is 5.82 Å². The Balaban J connectivity index is 1.85. The first-order chi connectivity index (χ1) is 14.6. The predicted octanol–water partition coefficient (Wildman–Crippen LogP) is 3.92. The van der Waals surface area contributed by atoms with Crippen LogP contribution in [0.1, 0.15) is 41.5 Å². The first kappa shape index (κ1) is 23.5. The number of hydrogen-bond donors (Lipinski definition) is 2. The number of aliphatic hydroxyl groups excluding tert-OH is 1. The van der Waals surface area contributed by atoms with Crippen LogP contribution in [0.3, 0.4) is 0 Å². The molecule has 0 saturated carbocycles. The number of fused-ring (bicyclic) bond motifs is 1. The van der Waals surface area contributed by atoms with Crippen LogP contribution in [0.2, 0.25) is 10.0 Å². The lowest BCUT2D eigenvalue weighted by molar-refractivity contribution is 0.0981. The Hall–Kier alpha value is -2.13. The number of carbonyl (C=O) groups excluding carboxylic acids is 1. The molecule has 7 nitrogen and oxygen atoms in total. The predicted molar refractivity (Wildman–Crippen MR) is 122 cm³/mol. The highest BCUT2D eigenvalue weighted by Gasteiger charge is 2.18. The summed E-state index contributed by atoms with van der Waals surface area (Å²) in [5.74, 6) is -0.226. The molecular formula is C21H23Cl2N3O4S. The van der Waals surface area contributed by atoms with Gasteiger partial charge in [0.15, 0.2) is 0 Å². The number of benzene rings is 2. The molecule has 3 aromatic rings. The van der Waals surface area contributed by atoms with Crippen LogP contribution >= 0.6 is 23.2 Å². The van der Waals surface area contributed by atoms with Crippen molar-refractivity contribution in [2.75, 3.05) is 5.75 Å². The normalized spacial score (nSPS) is 12.8. The van der Waals surface area contributed by atoms with Crippen LogP contribution in [0.25, 0.3) is 11.0 Å². The highest BCUT2D eigenvalue weighted by atomic mass is 35.5. The van der Waals surface area contributed by atoms with Gasteiger partial charge in [0.2, 0.25) is 10.0 Å². The van der Waals surface area contributed by atoms with Crippen molar-refractivity contribution in [2.45, 2.75) is 39.3 Å². The van der Waals surface area contributed by atoms with Crippen LogP contribution in [-0.4, -0.2) is 40.8 Å². The molecule has 0 bridgehead atoms. The second kappa shape index (κ2) is 9.56. The average molecular weight is 484 g/mol. The third-order valence-corrected chi connectivity index (χ3v) is 6.74. The molecule has 2 N–H and O–H groups in total. The minimum absolute atomic E-state index is 0.204. The molecule has 0 saturated heterocycles. The maximum absolute atomic E-state index is 12.6. The smallest absolute Gasteiger partial charge is 0.264 e. The summed E-state index contributed by atoms with van der Waals surface area (Å²) < 4.78 is 28.3. The lowest BCUT2D eigenvalue weighted by atomic mass is 10.2. The monoisotopic (exact) mass is 483 g/mol. The van der Waals surface area contributed by atoms with Crippen molar-refractivity contribution in [3.8, 4) is 0 Å². The second-order valence-electron chi connectivity index (χ2n) is 7.43. The highest BCUT2D eigenvalue weighted by molar-refractivity contribution is 7.90. The molecule has 1 heterocycles. The number of carbonyl (C=O) groups is 1. The van der Waals surface area contributed by atoms with E-state index in [-0.39, 0.29) is 17.7 Å². The summed E-state index contributed by atoms with van der Waals surface area (Å²) in [6.45, 7) is 3.85. The van der Waals surface area contributed by atoms with Crippen molar-refractivity contribution in [3.05, 3.63) is 63.4 Å². The standard InChI is InChI=1S/C21H23Cl2N3O4S/c1-13(27)4-3-9-31(29,30)25-21(28)15-6-8-19-20(10-15)26(14(2)24-19)12-16-5-7-17(22)11-18(16)23/h5-8,10-11,13,27H,3-4,9,12H2,1-2H3,(H,25,28)/t13-/m0/s1. The van der Waals surface area contributed by atoms with Crippen molar-refractivity contribution < 1.29 is 18.3 Å². The average Bonchev–Trinajstić information content (AvgIpc) is 2.97. The molecule has 0 aliphatic carbocycles. The van der Waals surface area contributed by atoms with E-state index in [9.17, 15) is 18.3 Å². The van der Waals surface area contributed by atoms with E-state index in [2.05, 4.69) is 9.71 Å². The van der Waals surface area contributed by atoms with E-state index in [0.29, 0.717) is 34.0 Å². The van der Waals surface area contributed by atoms with E-state index in [1.165, 1.54) is 6.07 Å². The van der Waals surface area contributed by atoms with Gasteiger partial charge in [-0.1, -0.05) is 29.3 Å². The van der Waals surface area contributed by atoms with Gasteiger partial charge in [0, 0.05) is 15.6 Å². The van der Waals surface area contributed by atoms with E-state index in [1.54, 1.807) is 31.2 Å². The summed E-state index contributed by atoms with van der Waals surface area (Å²) in [6.07, 6.45) is 0.00545. The summed E-state index contributed by atoms with van der Waals surface area (Å²) >= 11 is 12.3. The van der Waals surface area contributed by atoms with Gasteiger partial charge < -0.3 is 9.67 Å². The van der Waals surface area contributed by atoms with Crippen LogP contribution in [0.15, 0.2) is 36.4 Å². The van der Waals surface area contributed by atoms with Crippen LogP contribution in [0, 0.1) is 6.92 Å². The van der Waals surface area contributed by atoms with Gasteiger partial charge in [-0.15, -0.1) is 0 Å². The Morgan fingerprint density at radius 2 is 1.97 bits per heavy atom. The van der Waals surface area contributed by atoms with Gasteiger partial charge in [0.05, 0.1) is 29.4 Å². The van der Waals surface area contributed by atoms with Crippen LogP contribution in [0.5, 0.6) is 0 Å². The summed E-state index contributed by atoms with van der Waals surface area (Å²) in [5.41, 5.74) is 2.40. The Labute approximate surface area is 191 Å². The number of nitrogens with zero attached hydrogens (tertiary/aromatic N) is 2. The summed E-state index contributed by atoms with van der Waals surface area (Å²) in [4.78, 5) is 17.1. The van der Waals surface area contributed by atoms with Gasteiger partial charge >= 0.3 is 0 Å².